The Morgan fingerprint density at radius 1 is 1.24 bits per heavy atom. The minimum absolute atomic E-state index is 0.0458. The van der Waals surface area contributed by atoms with Gasteiger partial charge in [-0.25, -0.2) is 0 Å². The van der Waals surface area contributed by atoms with E-state index >= 15 is 0 Å². The number of benzene rings is 1. The summed E-state index contributed by atoms with van der Waals surface area (Å²) in [6.07, 6.45) is 0. The fourth-order valence-electron chi connectivity index (χ4n) is 2.94. The van der Waals surface area contributed by atoms with E-state index in [1.807, 2.05) is 6.92 Å². The van der Waals surface area contributed by atoms with E-state index in [0.717, 1.165) is 32.7 Å². The highest BCUT2D eigenvalue weighted by Crippen LogP contribution is 2.25. The Labute approximate surface area is 162 Å². The molecule has 0 radical (unpaired) electrons. The molecule has 1 fully saturated rings. The Balaban J connectivity index is 1.51. The standard InChI is InChI=1S/C18H21Cl2N3OS/c1-13(18(24)21-17-3-2-15(19)10-16(17)20)23-7-5-22(6-8-23)11-14-4-9-25-12-14/h2-4,9-10,12-13H,5-8,11H2,1H3,(H,21,24)/t13-/m1/s1. The van der Waals surface area contributed by atoms with E-state index in [9.17, 15) is 4.79 Å². The summed E-state index contributed by atoms with van der Waals surface area (Å²) in [4.78, 5) is 17.2. The van der Waals surface area contributed by atoms with Crippen molar-refractivity contribution < 1.29 is 4.79 Å². The van der Waals surface area contributed by atoms with Gasteiger partial charge in [0.15, 0.2) is 0 Å². The molecule has 7 heteroatoms. The topological polar surface area (TPSA) is 35.6 Å². The van der Waals surface area contributed by atoms with Crippen LogP contribution in [0.5, 0.6) is 0 Å². The normalized spacial score (nSPS) is 17.4. The lowest BCUT2D eigenvalue weighted by atomic mass is 10.2. The maximum absolute atomic E-state index is 12.5. The van der Waals surface area contributed by atoms with Gasteiger partial charge in [0.25, 0.3) is 0 Å². The predicted octanol–water partition coefficient (Wildman–Crippen LogP) is 4.20. The second kappa shape index (κ2) is 8.52. The van der Waals surface area contributed by atoms with Crippen molar-refractivity contribution in [3.8, 4) is 0 Å². The zero-order valence-electron chi connectivity index (χ0n) is 14.0. The average molecular weight is 398 g/mol. The van der Waals surface area contributed by atoms with Crippen molar-refractivity contribution in [1.82, 2.24) is 9.80 Å². The minimum atomic E-state index is -0.199. The van der Waals surface area contributed by atoms with Crippen LogP contribution in [0.2, 0.25) is 10.0 Å². The average Bonchev–Trinajstić information content (AvgIpc) is 3.10. The molecule has 1 N–H and O–H groups in total. The van der Waals surface area contributed by atoms with E-state index in [1.54, 1.807) is 29.5 Å². The van der Waals surface area contributed by atoms with E-state index in [2.05, 4.69) is 31.9 Å². The fourth-order valence-corrected chi connectivity index (χ4v) is 4.06. The lowest BCUT2D eigenvalue weighted by molar-refractivity contribution is -0.121. The van der Waals surface area contributed by atoms with E-state index in [-0.39, 0.29) is 11.9 Å². The molecule has 2 heterocycles. The van der Waals surface area contributed by atoms with Crippen LogP contribution in [0.4, 0.5) is 5.69 Å². The Hall–Kier alpha value is -1.11. The summed E-state index contributed by atoms with van der Waals surface area (Å²) in [5.74, 6) is -0.0458. The maximum atomic E-state index is 12.5. The molecule has 1 saturated heterocycles. The first-order valence-electron chi connectivity index (χ1n) is 8.26. The Bertz CT molecular complexity index is 715. The van der Waals surface area contributed by atoms with Gasteiger partial charge in [-0.05, 0) is 47.5 Å². The third-order valence-corrected chi connectivity index (χ3v) is 5.79. The van der Waals surface area contributed by atoms with Gasteiger partial charge in [0, 0.05) is 37.7 Å². The number of hydrogen-bond acceptors (Lipinski definition) is 4. The van der Waals surface area contributed by atoms with E-state index in [0.29, 0.717) is 15.7 Å². The Morgan fingerprint density at radius 3 is 2.64 bits per heavy atom. The van der Waals surface area contributed by atoms with Crippen molar-refractivity contribution in [2.45, 2.75) is 19.5 Å². The molecule has 0 unspecified atom stereocenters. The van der Waals surface area contributed by atoms with Crippen molar-refractivity contribution in [1.29, 1.82) is 0 Å². The first kappa shape index (κ1) is 18.7. The molecule has 0 saturated carbocycles. The van der Waals surface area contributed by atoms with Crippen LogP contribution in [0.3, 0.4) is 0 Å². The first-order chi connectivity index (χ1) is 12.0. The van der Waals surface area contributed by atoms with Gasteiger partial charge in [-0.15, -0.1) is 0 Å². The van der Waals surface area contributed by atoms with E-state index in [4.69, 9.17) is 23.2 Å². The molecule has 3 rings (SSSR count). The smallest absolute Gasteiger partial charge is 0.241 e. The highest BCUT2D eigenvalue weighted by atomic mass is 35.5. The molecule has 134 valence electrons. The zero-order valence-corrected chi connectivity index (χ0v) is 16.4. The van der Waals surface area contributed by atoms with Crippen molar-refractivity contribution >= 4 is 46.1 Å². The number of rotatable bonds is 5. The summed E-state index contributed by atoms with van der Waals surface area (Å²) in [6, 6.07) is 7.05. The second-order valence-electron chi connectivity index (χ2n) is 6.23. The molecule has 2 aromatic rings. The van der Waals surface area contributed by atoms with Crippen LogP contribution in [0.1, 0.15) is 12.5 Å². The lowest BCUT2D eigenvalue weighted by Crippen LogP contribution is -2.52. The predicted molar refractivity (Wildman–Crippen MR) is 106 cm³/mol. The number of nitrogens with zero attached hydrogens (tertiary/aromatic N) is 2. The summed E-state index contributed by atoms with van der Waals surface area (Å²) in [5, 5.41) is 8.21. The first-order valence-corrected chi connectivity index (χ1v) is 9.96. The summed E-state index contributed by atoms with van der Waals surface area (Å²) in [7, 11) is 0. The molecular formula is C18H21Cl2N3OS. The van der Waals surface area contributed by atoms with Gasteiger partial charge >= 0.3 is 0 Å². The van der Waals surface area contributed by atoms with Crippen LogP contribution in [-0.4, -0.2) is 47.9 Å². The van der Waals surface area contributed by atoms with Crippen LogP contribution in [0.25, 0.3) is 0 Å². The van der Waals surface area contributed by atoms with Crippen molar-refractivity contribution in [2.75, 3.05) is 31.5 Å². The van der Waals surface area contributed by atoms with Gasteiger partial charge in [0.1, 0.15) is 0 Å². The zero-order chi connectivity index (χ0) is 17.8. The number of anilines is 1. The number of carbonyl (C=O) groups is 1. The van der Waals surface area contributed by atoms with Crippen molar-refractivity contribution in [3.05, 3.63) is 50.6 Å². The van der Waals surface area contributed by atoms with Crippen molar-refractivity contribution in [2.24, 2.45) is 0 Å². The number of piperazine rings is 1. The van der Waals surface area contributed by atoms with Crippen LogP contribution >= 0.6 is 34.5 Å². The highest BCUT2D eigenvalue weighted by Gasteiger charge is 2.26. The molecule has 1 aliphatic rings. The molecule has 25 heavy (non-hydrogen) atoms. The number of amides is 1. The molecule has 0 spiro atoms. The number of halogens is 2. The van der Waals surface area contributed by atoms with Gasteiger partial charge in [0.2, 0.25) is 5.91 Å². The van der Waals surface area contributed by atoms with Crippen molar-refractivity contribution in [3.63, 3.8) is 0 Å². The molecule has 1 atom stereocenters. The fraction of sp³-hybridized carbons (Fsp3) is 0.389. The largest absolute Gasteiger partial charge is 0.323 e. The minimum Gasteiger partial charge on any atom is -0.323 e. The van der Waals surface area contributed by atoms with Gasteiger partial charge in [-0.2, -0.15) is 11.3 Å². The van der Waals surface area contributed by atoms with E-state index in [1.165, 1.54) is 5.56 Å². The third-order valence-electron chi connectivity index (χ3n) is 4.51. The lowest BCUT2D eigenvalue weighted by Gasteiger charge is -2.37. The summed E-state index contributed by atoms with van der Waals surface area (Å²) < 4.78 is 0. The molecule has 1 aliphatic heterocycles. The monoisotopic (exact) mass is 397 g/mol. The molecule has 0 bridgehead atoms. The van der Waals surface area contributed by atoms with E-state index < -0.39 is 0 Å². The van der Waals surface area contributed by atoms with Gasteiger partial charge in [-0.1, -0.05) is 23.2 Å². The van der Waals surface area contributed by atoms with Gasteiger partial charge in [0.05, 0.1) is 16.8 Å². The van der Waals surface area contributed by atoms with Crippen LogP contribution in [0, 0.1) is 0 Å². The second-order valence-corrected chi connectivity index (χ2v) is 7.86. The molecule has 1 amide bonds. The molecule has 4 nitrogen and oxygen atoms in total. The number of thiophene rings is 1. The summed E-state index contributed by atoms with van der Waals surface area (Å²) in [5.41, 5.74) is 1.96. The molecule has 1 aromatic heterocycles. The SMILES string of the molecule is C[C@H](C(=O)Nc1ccc(Cl)cc1Cl)N1CCN(Cc2ccsc2)CC1. The number of carbonyl (C=O) groups excluding carboxylic acids is 1. The molecule has 0 aliphatic carbocycles. The quantitative estimate of drug-likeness (QED) is 0.820. The highest BCUT2D eigenvalue weighted by molar-refractivity contribution is 7.07. The Morgan fingerprint density at radius 2 is 2.00 bits per heavy atom. The van der Waals surface area contributed by atoms with Gasteiger partial charge in [-0.3, -0.25) is 14.6 Å². The number of hydrogen-bond donors (Lipinski definition) is 1. The molecular weight excluding hydrogens is 377 g/mol. The number of nitrogens with one attached hydrogen (secondary N) is 1. The third kappa shape index (κ3) is 4.96. The summed E-state index contributed by atoms with van der Waals surface area (Å²) in [6.45, 7) is 6.62. The Kier molecular flexibility index (Phi) is 6.36. The maximum Gasteiger partial charge on any atom is 0.241 e. The van der Waals surface area contributed by atoms with Crippen LogP contribution in [-0.2, 0) is 11.3 Å². The van der Waals surface area contributed by atoms with Crippen LogP contribution < -0.4 is 5.32 Å². The van der Waals surface area contributed by atoms with Gasteiger partial charge < -0.3 is 5.32 Å². The van der Waals surface area contributed by atoms with Crippen LogP contribution in [0.15, 0.2) is 35.0 Å². The summed E-state index contributed by atoms with van der Waals surface area (Å²) >= 11 is 13.8. The molecule has 1 aromatic carbocycles.